The molecule has 0 aromatic carbocycles. The van der Waals surface area contributed by atoms with Crippen molar-refractivity contribution in [3.63, 3.8) is 0 Å². The van der Waals surface area contributed by atoms with E-state index in [4.69, 9.17) is 4.74 Å². The average molecular weight is 268 g/mol. The summed E-state index contributed by atoms with van der Waals surface area (Å²) in [7, 11) is 0. The second-order valence-electron chi connectivity index (χ2n) is 1.80. The van der Waals surface area contributed by atoms with E-state index in [1.165, 1.54) is 0 Å². The van der Waals surface area contributed by atoms with Gasteiger partial charge in [-0.1, -0.05) is 15.9 Å². The van der Waals surface area contributed by atoms with Gasteiger partial charge in [-0.3, -0.25) is 0 Å². The summed E-state index contributed by atoms with van der Waals surface area (Å²) in [5.41, 5.74) is 0.603. The normalized spacial score (nSPS) is 22.3. The van der Waals surface area contributed by atoms with Crippen LogP contribution in [0.5, 0.6) is 0 Å². The van der Waals surface area contributed by atoms with E-state index >= 15 is 0 Å². The molecule has 1 rings (SSSR count). The number of cyclic esters (lactones) is 1. The Labute approximate surface area is 75.2 Å². The van der Waals surface area contributed by atoms with E-state index in [2.05, 4.69) is 31.9 Å². The van der Waals surface area contributed by atoms with Crippen molar-refractivity contribution >= 4 is 37.8 Å². The summed E-state index contributed by atoms with van der Waals surface area (Å²) in [5, 5.41) is 0. The van der Waals surface area contributed by atoms with Gasteiger partial charge in [0.15, 0.2) is 5.76 Å². The Hall–Kier alpha value is -0.0900. The molecule has 0 N–H and O–H groups in total. The lowest BCUT2D eigenvalue weighted by Crippen LogP contribution is -1.94. The summed E-state index contributed by atoms with van der Waals surface area (Å²) >= 11 is 6.27. The van der Waals surface area contributed by atoms with Crippen LogP contribution in [0.25, 0.3) is 0 Å². The highest BCUT2D eigenvalue weighted by Gasteiger charge is 2.23. The fourth-order valence-corrected chi connectivity index (χ4v) is 1.55. The molecule has 0 aromatic rings. The van der Waals surface area contributed by atoms with Crippen LogP contribution in [-0.2, 0) is 9.53 Å². The predicted octanol–water partition coefficient (Wildman–Crippen LogP) is 2.45. The maximum absolute atomic E-state index is 10.8. The first kappa shape index (κ1) is 8.01. The first-order valence-electron chi connectivity index (χ1n) is 2.56. The standard InChI is InChI=1S/C6H4Br2O2/c1-3-5(8)4(2-7)10-6(3)9/h2H,1H3/b4-2+. The summed E-state index contributed by atoms with van der Waals surface area (Å²) in [6.45, 7) is 1.70. The van der Waals surface area contributed by atoms with E-state index in [9.17, 15) is 4.79 Å². The van der Waals surface area contributed by atoms with Gasteiger partial charge in [-0.15, -0.1) is 0 Å². The number of carbonyl (C=O) groups is 1. The molecule has 0 unspecified atom stereocenters. The number of esters is 1. The van der Waals surface area contributed by atoms with Gasteiger partial charge in [0.25, 0.3) is 0 Å². The van der Waals surface area contributed by atoms with Gasteiger partial charge < -0.3 is 4.74 Å². The van der Waals surface area contributed by atoms with Crippen LogP contribution in [-0.4, -0.2) is 5.97 Å². The van der Waals surface area contributed by atoms with E-state index in [0.717, 1.165) is 4.48 Å². The first-order valence-corrected chi connectivity index (χ1v) is 4.27. The van der Waals surface area contributed by atoms with Crippen molar-refractivity contribution in [3.05, 3.63) is 20.8 Å². The first-order chi connectivity index (χ1) is 4.66. The van der Waals surface area contributed by atoms with E-state index in [1.54, 1.807) is 11.9 Å². The molecular weight excluding hydrogens is 264 g/mol. The van der Waals surface area contributed by atoms with E-state index in [0.29, 0.717) is 11.3 Å². The lowest BCUT2D eigenvalue weighted by Gasteiger charge is -1.91. The molecule has 10 heavy (non-hydrogen) atoms. The van der Waals surface area contributed by atoms with Crippen molar-refractivity contribution < 1.29 is 9.53 Å². The van der Waals surface area contributed by atoms with Crippen LogP contribution in [0, 0.1) is 0 Å². The average Bonchev–Trinajstić information content (AvgIpc) is 2.17. The third-order valence-electron chi connectivity index (χ3n) is 1.15. The van der Waals surface area contributed by atoms with Crippen molar-refractivity contribution in [1.82, 2.24) is 0 Å². The van der Waals surface area contributed by atoms with Gasteiger partial charge in [-0.2, -0.15) is 0 Å². The Morgan fingerprint density at radius 2 is 2.20 bits per heavy atom. The highest BCUT2D eigenvalue weighted by atomic mass is 79.9. The largest absolute Gasteiger partial charge is 0.421 e. The van der Waals surface area contributed by atoms with Crippen molar-refractivity contribution in [2.24, 2.45) is 0 Å². The molecule has 0 saturated carbocycles. The van der Waals surface area contributed by atoms with Gasteiger partial charge in [0.1, 0.15) is 0 Å². The summed E-state index contributed by atoms with van der Waals surface area (Å²) in [5.74, 6) is 0.236. The number of halogens is 2. The molecule has 54 valence electrons. The Bertz CT molecular complexity index is 240. The molecule has 0 radical (unpaired) electrons. The fourth-order valence-electron chi connectivity index (χ4n) is 0.566. The van der Waals surface area contributed by atoms with Gasteiger partial charge >= 0.3 is 5.97 Å². The quantitative estimate of drug-likeness (QED) is 0.631. The van der Waals surface area contributed by atoms with Crippen LogP contribution in [0.2, 0.25) is 0 Å². The van der Waals surface area contributed by atoms with Crippen molar-refractivity contribution in [2.45, 2.75) is 6.92 Å². The highest BCUT2D eigenvalue weighted by molar-refractivity contribution is 9.12. The Kier molecular flexibility index (Phi) is 2.31. The maximum Gasteiger partial charge on any atom is 0.340 e. The molecule has 4 heteroatoms. The molecule has 0 aromatic heterocycles. The number of allylic oxidation sites excluding steroid dienone is 1. The third-order valence-corrected chi connectivity index (χ3v) is 2.55. The van der Waals surface area contributed by atoms with Crippen LogP contribution < -0.4 is 0 Å². The van der Waals surface area contributed by atoms with E-state index < -0.39 is 0 Å². The number of carbonyl (C=O) groups excluding carboxylic acids is 1. The van der Waals surface area contributed by atoms with E-state index in [1.807, 2.05) is 0 Å². The van der Waals surface area contributed by atoms with Gasteiger partial charge in [-0.05, 0) is 22.9 Å². The molecule has 1 heterocycles. The number of hydrogen-bond acceptors (Lipinski definition) is 2. The van der Waals surface area contributed by atoms with Crippen molar-refractivity contribution in [2.75, 3.05) is 0 Å². The Balaban J connectivity index is 3.06. The maximum atomic E-state index is 10.8. The summed E-state index contributed by atoms with van der Waals surface area (Å²) in [6, 6.07) is 0. The van der Waals surface area contributed by atoms with Gasteiger partial charge in [0, 0.05) is 4.99 Å². The summed E-state index contributed by atoms with van der Waals surface area (Å²) in [4.78, 5) is 12.3. The van der Waals surface area contributed by atoms with Crippen LogP contribution in [0.1, 0.15) is 6.92 Å². The monoisotopic (exact) mass is 266 g/mol. The Morgan fingerprint density at radius 1 is 1.60 bits per heavy atom. The SMILES string of the molecule is CC1=C(Br)/C(=C\Br)OC1=O. The van der Waals surface area contributed by atoms with Crippen molar-refractivity contribution in [1.29, 1.82) is 0 Å². The van der Waals surface area contributed by atoms with Crippen molar-refractivity contribution in [3.8, 4) is 0 Å². The molecule has 1 aliphatic rings. The molecule has 0 atom stereocenters. The minimum Gasteiger partial charge on any atom is -0.421 e. The minimum atomic E-state index is -0.294. The van der Waals surface area contributed by atoms with Crippen LogP contribution in [0.15, 0.2) is 20.8 Å². The lowest BCUT2D eigenvalue weighted by atomic mass is 10.3. The Morgan fingerprint density at radius 3 is 2.40 bits per heavy atom. The van der Waals surface area contributed by atoms with Crippen LogP contribution in [0.3, 0.4) is 0 Å². The zero-order chi connectivity index (χ0) is 7.72. The highest BCUT2D eigenvalue weighted by Crippen LogP contribution is 2.30. The molecule has 0 amide bonds. The number of hydrogen-bond donors (Lipinski definition) is 0. The molecular formula is C6H4Br2O2. The summed E-state index contributed by atoms with van der Waals surface area (Å²) in [6.07, 6.45) is 0. The fraction of sp³-hybridized carbons (Fsp3) is 0.167. The van der Waals surface area contributed by atoms with Crippen LogP contribution in [0.4, 0.5) is 0 Å². The minimum absolute atomic E-state index is 0.294. The topological polar surface area (TPSA) is 26.3 Å². The third kappa shape index (κ3) is 1.18. The van der Waals surface area contributed by atoms with E-state index in [-0.39, 0.29) is 5.97 Å². The van der Waals surface area contributed by atoms with Gasteiger partial charge in [0.05, 0.1) is 10.1 Å². The molecule has 0 spiro atoms. The van der Waals surface area contributed by atoms with Gasteiger partial charge in [-0.25, -0.2) is 4.79 Å². The zero-order valence-corrected chi connectivity index (χ0v) is 8.32. The molecule has 0 fully saturated rings. The molecule has 0 bridgehead atoms. The molecule has 0 saturated heterocycles. The van der Waals surface area contributed by atoms with Crippen LogP contribution >= 0.6 is 31.9 Å². The zero-order valence-electron chi connectivity index (χ0n) is 5.15. The molecule has 0 aliphatic carbocycles. The second kappa shape index (κ2) is 2.88. The van der Waals surface area contributed by atoms with Gasteiger partial charge in [0.2, 0.25) is 0 Å². The molecule has 1 aliphatic heterocycles. The second-order valence-corrected chi connectivity index (χ2v) is 3.05. The lowest BCUT2D eigenvalue weighted by molar-refractivity contribution is -0.133. The number of ether oxygens (including phenoxy) is 1. The predicted molar refractivity (Wildman–Crippen MR) is 44.7 cm³/mol. The molecule has 2 nitrogen and oxygen atoms in total. The summed E-state index contributed by atoms with van der Waals surface area (Å²) < 4.78 is 5.51. The number of rotatable bonds is 0. The smallest absolute Gasteiger partial charge is 0.340 e.